The van der Waals surface area contributed by atoms with Crippen molar-refractivity contribution in [1.29, 1.82) is 0 Å². The van der Waals surface area contributed by atoms with Crippen molar-refractivity contribution in [1.82, 2.24) is 4.90 Å². The zero-order valence-corrected chi connectivity index (χ0v) is 12.1. The third-order valence-electron chi connectivity index (χ3n) is 4.24. The van der Waals surface area contributed by atoms with E-state index in [-0.39, 0.29) is 17.8 Å². The lowest BCUT2D eigenvalue weighted by Crippen LogP contribution is -2.45. The molecule has 1 unspecified atom stereocenters. The van der Waals surface area contributed by atoms with Crippen LogP contribution in [-0.2, 0) is 4.79 Å². The molecule has 1 saturated heterocycles. The summed E-state index contributed by atoms with van der Waals surface area (Å²) < 4.78 is 12.9. The molecule has 0 saturated carbocycles. The predicted molar refractivity (Wildman–Crippen MR) is 81.6 cm³/mol. The van der Waals surface area contributed by atoms with Crippen molar-refractivity contribution < 1.29 is 9.18 Å². The molecule has 3 nitrogen and oxygen atoms in total. The maximum Gasteiger partial charge on any atom is 0.249 e. The van der Waals surface area contributed by atoms with E-state index in [1.54, 1.807) is 12.1 Å². The van der Waals surface area contributed by atoms with Gasteiger partial charge in [0.25, 0.3) is 0 Å². The first kappa shape index (κ1) is 14.1. The van der Waals surface area contributed by atoms with Crippen LogP contribution in [0.5, 0.6) is 0 Å². The first-order chi connectivity index (χ1) is 10.2. The Labute approximate surface area is 124 Å². The summed E-state index contributed by atoms with van der Waals surface area (Å²) in [5, 5.41) is 3.40. The molecule has 0 radical (unpaired) electrons. The molecule has 112 valence electrons. The van der Waals surface area contributed by atoms with E-state index >= 15 is 0 Å². The lowest BCUT2D eigenvalue weighted by molar-refractivity contribution is -0.128. The van der Waals surface area contributed by atoms with Crippen LogP contribution >= 0.6 is 0 Å². The molecule has 21 heavy (non-hydrogen) atoms. The Morgan fingerprint density at radius 3 is 2.76 bits per heavy atom. The van der Waals surface area contributed by atoms with Gasteiger partial charge in [0.15, 0.2) is 0 Å². The van der Waals surface area contributed by atoms with Crippen LogP contribution in [0.4, 0.5) is 10.1 Å². The first-order valence-electron chi connectivity index (χ1n) is 7.73. The molecule has 1 aliphatic carbocycles. The second-order valence-corrected chi connectivity index (χ2v) is 5.86. The maximum absolute atomic E-state index is 12.9. The summed E-state index contributed by atoms with van der Waals surface area (Å²) in [6, 6.07) is 6.65. The van der Waals surface area contributed by atoms with Gasteiger partial charge < -0.3 is 10.2 Å². The van der Waals surface area contributed by atoms with Crippen molar-refractivity contribution in [3.05, 3.63) is 41.7 Å². The van der Waals surface area contributed by atoms with Crippen LogP contribution in [-0.4, -0.2) is 29.9 Å². The molecular formula is C17H21FN2O. The number of carbonyl (C=O) groups is 1. The van der Waals surface area contributed by atoms with Crippen LogP contribution in [0.2, 0.25) is 0 Å². The molecule has 1 aromatic rings. The molecule has 0 bridgehead atoms. The molecule has 1 amide bonds. The molecule has 3 rings (SSSR count). The van der Waals surface area contributed by atoms with E-state index in [1.807, 2.05) is 4.90 Å². The standard InChI is InChI=1S/C17H21FN2O/c18-14-7-9-15(10-8-14)19-16-6-3-11-20(12-16)17(21)13-4-1-2-5-13/h4,7-10,16,19H,1-3,5-6,11-12H2. The van der Waals surface area contributed by atoms with Crippen molar-refractivity contribution >= 4 is 11.6 Å². The van der Waals surface area contributed by atoms with Gasteiger partial charge in [0, 0.05) is 30.4 Å². The van der Waals surface area contributed by atoms with E-state index in [2.05, 4.69) is 11.4 Å². The fourth-order valence-electron chi connectivity index (χ4n) is 3.13. The van der Waals surface area contributed by atoms with Gasteiger partial charge in [0.1, 0.15) is 5.82 Å². The third kappa shape index (κ3) is 3.43. The molecule has 1 N–H and O–H groups in total. The lowest BCUT2D eigenvalue weighted by Gasteiger charge is -2.34. The minimum Gasteiger partial charge on any atom is -0.381 e. The monoisotopic (exact) mass is 288 g/mol. The van der Waals surface area contributed by atoms with Crippen LogP contribution in [0.3, 0.4) is 0 Å². The van der Waals surface area contributed by atoms with E-state index in [0.29, 0.717) is 0 Å². The number of halogens is 1. The minimum absolute atomic E-state index is 0.207. The first-order valence-corrected chi connectivity index (χ1v) is 7.73. The number of anilines is 1. The van der Waals surface area contributed by atoms with E-state index < -0.39 is 0 Å². The number of nitrogens with one attached hydrogen (secondary N) is 1. The molecule has 2 aliphatic rings. The molecule has 1 atom stereocenters. The van der Waals surface area contributed by atoms with Gasteiger partial charge in [0.05, 0.1) is 0 Å². The number of piperidine rings is 1. The Balaban J connectivity index is 1.60. The highest BCUT2D eigenvalue weighted by atomic mass is 19.1. The number of rotatable bonds is 3. The molecule has 4 heteroatoms. The van der Waals surface area contributed by atoms with Gasteiger partial charge in [-0.05, 0) is 56.4 Å². The average molecular weight is 288 g/mol. The van der Waals surface area contributed by atoms with Gasteiger partial charge in [-0.3, -0.25) is 4.79 Å². The topological polar surface area (TPSA) is 32.3 Å². The Morgan fingerprint density at radius 2 is 2.05 bits per heavy atom. The lowest BCUT2D eigenvalue weighted by atomic mass is 10.0. The molecule has 0 spiro atoms. The second-order valence-electron chi connectivity index (χ2n) is 5.86. The fourth-order valence-corrected chi connectivity index (χ4v) is 3.13. The molecule has 1 aliphatic heterocycles. The summed E-state index contributed by atoms with van der Waals surface area (Å²) >= 11 is 0. The van der Waals surface area contributed by atoms with Crippen LogP contribution in [0, 0.1) is 5.82 Å². The highest BCUT2D eigenvalue weighted by molar-refractivity contribution is 5.93. The van der Waals surface area contributed by atoms with Crippen LogP contribution in [0.25, 0.3) is 0 Å². The van der Waals surface area contributed by atoms with E-state index in [9.17, 15) is 9.18 Å². The predicted octanol–water partition coefficient (Wildman–Crippen LogP) is 3.34. The number of likely N-dealkylation sites (tertiary alicyclic amines) is 1. The summed E-state index contributed by atoms with van der Waals surface area (Å²) in [6.45, 7) is 1.57. The summed E-state index contributed by atoms with van der Waals surface area (Å²) in [6.07, 6.45) is 7.20. The zero-order valence-electron chi connectivity index (χ0n) is 12.1. The van der Waals surface area contributed by atoms with E-state index in [1.165, 1.54) is 12.1 Å². The highest BCUT2D eigenvalue weighted by Gasteiger charge is 2.26. The maximum atomic E-state index is 12.9. The normalized spacial score (nSPS) is 22.0. The van der Waals surface area contributed by atoms with E-state index in [4.69, 9.17) is 0 Å². The number of carbonyl (C=O) groups excluding carboxylic acids is 1. The van der Waals surface area contributed by atoms with Gasteiger partial charge in [0.2, 0.25) is 5.91 Å². The molecular weight excluding hydrogens is 267 g/mol. The quantitative estimate of drug-likeness (QED) is 0.925. The van der Waals surface area contributed by atoms with Gasteiger partial charge in [-0.2, -0.15) is 0 Å². The fraction of sp³-hybridized carbons (Fsp3) is 0.471. The number of amides is 1. The van der Waals surface area contributed by atoms with Gasteiger partial charge >= 0.3 is 0 Å². The number of nitrogens with zero attached hydrogens (tertiary/aromatic N) is 1. The van der Waals surface area contributed by atoms with Gasteiger partial charge in [-0.1, -0.05) is 6.08 Å². The van der Waals surface area contributed by atoms with Gasteiger partial charge in [-0.15, -0.1) is 0 Å². The van der Waals surface area contributed by atoms with Crippen molar-refractivity contribution in [3.63, 3.8) is 0 Å². The number of hydrogen-bond donors (Lipinski definition) is 1. The largest absolute Gasteiger partial charge is 0.381 e. The summed E-state index contributed by atoms with van der Waals surface area (Å²) in [4.78, 5) is 14.4. The van der Waals surface area contributed by atoms with Crippen LogP contribution in [0.1, 0.15) is 32.1 Å². The van der Waals surface area contributed by atoms with E-state index in [0.717, 1.165) is 56.5 Å². The van der Waals surface area contributed by atoms with Gasteiger partial charge in [-0.25, -0.2) is 4.39 Å². The number of benzene rings is 1. The Bertz CT molecular complexity index is 538. The SMILES string of the molecule is O=C(C1=CCCC1)N1CCCC(Nc2ccc(F)cc2)C1. The highest BCUT2D eigenvalue weighted by Crippen LogP contribution is 2.23. The second kappa shape index (κ2) is 6.29. The third-order valence-corrected chi connectivity index (χ3v) is 4.24. The molecule has 0 aromatic heterocycles. The van der Waals surface area contributed by atoms with Crippen molar-refractivity contribution in [3.8, 4) is 0 Å². The summed E-state index contributed by atoms with van der Waals surface area (Å²) in [7, 11) is 0. The number of hydrogen-bond acceptors (Lipinski definition) is 2. The van der Waals surface area contributed by atoms with Crippen LogP contribution < -0.4 is 5.32 Å². The molecule has 1 heterocycles. The van der Waals surface area contributed by atoms with Crippen molar-refractivity contribution in [2.45, 2.75) is 38.1 Å². The van der Waals surface area contributed by atoms with Crippen LogP contribution in [0.15, 0.2) is 35.9 Å². The van der Waals surface area contributed by atoms with Crippen molar-refractivity contribution in [2.75, 3.05) is 18.4 Å². The summed E-state index contributed by atoms with van der Waals surface area (Å²) in [5.41, 5.74) is 1.90. The smallest absolute Gasteiger partial charge is 0.249 e. The van der Waals surface area contributed by atoms with Crippen molar-refractivity contribution in [2.24, 2.45) is 0 Å². The zero-order chi connectivity index (χ0) is 14.7. The Hall–Kier alpha value is -1.84. The minimum atomic E-state index is -0.228. The Kier molecular flexibility index (Phi) is 4.23. The molecule has 1 aromatic carbocycles. The number of allylic oxidation sites excluding steroid dienone is 1. The Morgan fingerprint density at radius 1 is 1.24 bits per heavy atom. The summed E-state index contributed by atoms with van der Waals surface area (Å²) in [5.74, 6) is -0.0210. The molecule has 1 fully saturated rings. The average Bonchev–Trinajstić information content (AvgIpc) is 3.03.